The first-order valence-electron chi connectivity index (χ1n) is 16.3. The Morgan fingerprint density at radius 2 is 1.88 bits per heavy atom. The predicted octanol–water partition coefficient (Wildman–Crippen LogP) is 6.21. The molecule has 0 radical (unpaired) electrons. The molecule has 2 N–H and O–H groups in total. The van der Waals surface area contributed by atoms with Gasteiger partial charge < -0.3 is 20.1 Å². The quantitative estimate of drug-likeness (QED) is 0.179. The smallest absolute Gasteiger partial charge is 0.408 e. The van der Waals surface area contributed by atoms with Gasteiger partial charge in [0.15, 0.2) is 5.17 Å². The Balaban J connectivity index is 1.45. The molecule has 0 aliphatic carbocycles. The second-order valence-electron chi connectivity index (χ2n) is 11.1. The Bertz CT molecular complexity index is 1600. The molecule has 1 unspecified atom stereocenters. The van der Waals surface area contributed by atoms with Gasteiger partial charge in [0.2, 0.25) is 5.91 Å². The maximum atomic E-state index is 13.9. The molecule has 49 heavy (non-hydrogen) atoms. The number of ether oxygens (including phenoxy) is 2. The lowest BCUT2D eigenvalue weighted by Crippen LogP contribution is -2.41. The van der Waals surface area contributed by atoms with Gasteiger partial charge in [-0.1, -0.05) is 86.0 Å². The van der Waals surface area contributed by atoms with Gasteiger partial charge in [-0.2, -0.15) is 0 Å². The van der Waals surface area contributed by atoms with Crippen molar-refractivity contribution in [3.8, 4) is 0 Å². The number of alkyl carbamates (subject to hydrolysis) is 1. The Morgan fingerprint density at radius 1 is 1.14 bits per heavy atom. The first-order chi connectivity index (χ1) is 23.8. The minimum atomic E-state index is -0.842. The van der Waals surface area contributed by atoms with E-state index in [1.807, 2.05) is 56.3 Å². The van der Waals surface area contributed by atoms with Crippen LogP contribution >= 0.6 is 11.8 Å². The standard InChI is InChI=1S/C37H44N6O5S/c1-5-12-30(15-11-21-42-22-24-47-25-23-42)41-36-43(32(7-3)38-20-6-2)35(45)33(49-36)29-16-18-31(19-17-29)40-34(44)27(4)39-37(46)48-26-28-13-9-8-10-14-28/h6-20,27,33H,2,5,21-26H2,1,3-4H3,(H,39,46)(H,40,44)/b15-11-,30-12+,32-7+,38-20-,41-36?/t27-,33?/m0/s1. The fourth-order valence-electron chi connectivity index (χ4n) is 4.88. The molecule has 0 spiro atoms. The number of hydrogen-bond acceptors (Lipinski definition) is 9. The highest BCUT2D eigenvalue weighted by molar-refractivity contribution is 8.15. The van der Waals surface area contributed by atoms with E-state index in [-0.39, 0.29) is 12.5 Å². The second kappa shape index (κ2) is 19.3. The number of hydrogen-bond donors (Lipinski definition) is 2. The number of benzene rings is 2. The molecule has 2 aromatic carbocycles. The molecular weight excluding hydrogens is 641 g/mol. The number of thioether (sulfide) groups is 1. The van der Waals surface area contributed by atoms with Crippen molar-refractivity contribution in [3.63, 3.8) is 0 Å². The number of amides is 3. The van der Waals surface area contributed by atoms with Crippen LogP contribution in [0.1, 0.15) is 43.6 Å². The molecule has 2 aromatic rings. The maximum Gasteiger partial charge on any atom is 0.408 e. The zero-order valence-electron chi connectivity index (χ0n) is 28.2. The number of rotatable bonds is 14. The van der Waals surface area contributed by atoms with Gasteiger partial charge in [-0.15, -0.1) is 0 Å². The lowest BCUT2D eigenvalue weighted by atomic mass is 10.1. The van der Waals surface area contributed by atoms with Crippen LogP contribution in [-0.2, 0) is 25.7 Å². The third-order valence-corrected chi connectivity index (χ3v) is 8.67. The Morgan fingerprint density at radius 3 is 2.55 bits per heavy atom. The molecule has 0 bridgehead atoms. The molecule has 258 valence electrons. The van der Waals surface area contributed by atoms with Crippen molar-refractivity contribution < 1.29 is 23.9 Å². The summed E-state index contributed by atoms with van der Waals surface area (Å²) in [7, 11) is 0. The Kier molecular flexibility index (Phi) is 14.6. The van der Waals surface area contributed by atoms with Crippen LogP contribution in [0.2, 0.25) is 0 Å². The Hall–Kier alpha value is -4.78. The van der Waals surface area contributed by atoms with E-state index < -0.39 is 23.3 Å². The van der Waals surface area contributed by atoms with Crippen LogP contribution in [0.3, 0.4) is 0 Å². The molecule has 2 atom stereocenters. The summed E-state index contributed by atoms with van der Waals surface area (Å²) in [5.41, 5.74) is 2.86. The van der Waals surface area contributed by atoms with Gasteiger partial charge in [-0.25, -0.2) is 19.7 Å². The molecule has 2 fully saturated rings. The van der Waals surface area contributed by atoms with E-state index in [9.17, 15) is 14.4 Å². The number of aliphatic imine (C=N–C) groups is 2. The molecule has 12 heteroatoms. The number of allylic oxidation sites excluding steroid dienone is 4. The molecule has 0 aromatic heterocycles. The van der Waals surface area contributed by atoms with Gasteiger partial charge in [-0.05, 0) is 55.7 Å². The minimum absolute atomic E-state index is 0.0994. The van der Waals surface area contributed by atoms with Crippen LogP contribution in [0, 0.1) is 0 Å². The largest absolute Gasteiger partial charge is 0.445 e. The van der Waals surface area contributed by atoms with Crippen molar-refractivity contribution in [1.29, 1.82) is 0 Å². The number of nitrogens with zero attached hydrogens (tertiary/aromatic N) is 4. The number of morpholine rings is 1. The molecule has 0 saturated carbocycles. The normalized spacial score (nSPS) is 19.1. The fourth-order valence-corrected chi connectivity index (χ4v) is 6.04. The highest BCUT2D eigenvalue weighted by Gasteiger charge is 2.41. The van der Waals surface area contributed by atoms with E-state index in [4.69, 9.17) is 14.5 Å². The summed E-state index contributed by atoms with van der Waals surface area (Å²) >= 11 is 1.34. The molecule has 2 aliphatic heterocycles. The van der Waals surface area contributed by atoms with E-state index in [1.54, 1.807) is 49.6 Å². The molecule has 2 heterocycles. The molecule has 2 saturated heterocycles. The average molecular weight is 685 g/mol. The number of anilines is 1. The third kappa shape index (κ3) is 11.1. The van der Waals surface area contributed by atoms with E-state index in [2.05, 4.69) is 33.2 Å². The predicted molar refractivity (Wildman–Crippen MR) is 196 cm³/mol. The molecule has 2 aliphatic rings. The van der Waals surface area contributed by atoms with Crippen molar-refractivity contribution in [2.45, 2.75) is 45.1 Å². The lowest BCUT2D eigenvalue weighted by Gasteiger charge is -2.25. The van der Waals surface area contributed by atoms with Crippen LogP contribution in [0.25, 0.3) is 0 Å². The van der Waals surface area contributed by atoms with Gasteiger partial charge in [0, 0.05) is 31.5 Å². The van der Waals surface area contributed by atoms with Gasteiger partial charge in [0.25, 0.3) is 5.91 Å². The summed E-state index contributed by atoms with van der Waals surface area (Å²) < 4.78 is 10.7. The zero-order valence-corrected chi connectivity index (χ0v) is 29.0. The first-order valence-corrected chi connectivity index (χ1v) is 17.2. The van der Waals surface area contributed by atoms with Gasteiger partial charge >= 0.3 is 6.09 Å². The van der Waals surface area contributed by atoms with Crippen LogP contribution in [0.15, 0.2) is 113 Å². The fraction of sp³-hybridized carbons (Fsp3) is 0.324. The third-order valence-electron chi connectivity index (χ3n) is 7.47. The summed E-state index contributed by atoms with van der Waals surface area (Å²) in [6.45, 7) is 13.3. The summed E-state index contributed by atoms with van der Waals surface area (Å²) in [5.74, 6) is -0.152. The number of carbonyl (C=O) groups excluding carboxylic acids is 3. The van der Waals surface area contributed by atoms with Gasteiger partial charge in [0.05, 0.1) is 18.9 Å². The lowest BCUT2D eigenvalue weighted by molar-refractivity contribution is -0.125. The van der Waals surface area contributed by atoms with Gasteiger partial charge in [-0.3, -0.25) is 14.5 Å². The molecule has 3 amide bonds. The number of amidine groups is 1. The van der Waals surface area contributed by atoms with Crippen molar-refractivity contribution in [1.82, 2.24) is 15.1 Å². The van der Waals surface area contributed by atoms with Crippen molar-refractivity contribution in [2.24, 2.45) is 9.98 Å². The van der Waals surface area contributed by atoms with Crippen LogP contribution < -0.4 is 10.6 Å². The van der Waals surface area contributed by atoms with Crippen molar-refractivity contribution in [3.05, 3.63) is 114 Å². The average Bonchev–Trinajstić information content (AvgIpc) is 3.43. The topological polar surface area (TPSA) is 125 Å². The van der Waals surface area contributed by atoms with Crippen molar-refractivity contribution in [2.75, 3.05) is 38.2 Å². The zero-order chi connectivity index (χ0) is 35.0. The minimum Gasteiger partial charge on any atom is -0.445 e. The summed E-state index contributed by atoms with van der Waals surface area (Å²) in [6, 6.07) is 15.5. The summed E-state index contributed by atoms with van der Waals surface area (Å²) in [5, 5.41) is 5.27. The van der Waals surface area contributed by atoms with E-state index in [1.165, 1.54) is 16.7 Å². The highest BCUT2D eigenvalue weighted by Crippen LogP contribution is 2.42. The van der Waals surface area contributed by atoms with Crippen LogP contribution in [0.5, 0.6) is 0 Å². The second-order valence-corrected chi connectivity index (χ2v) is 12.2. The maximum absolute atomic E-state index is 13.9. The monoisotopic (exact) mass is 684 g/mol. The van der Waals surface area contributed by atoms with E-state index >= 15 is 0 Å². The molecular formula is C37H44N6O5S. The summed E-state index contributed by atoms with van der Waals surface area (Å²) in [4.78, 5) is 52.2. The van der Waals surface area contributed by atoms with Crippen molar-refractivity contribution >= 4 is 46.7 Å². The first kappa shape index (κ1) is 37.0. The number of nitrogens with one attached hydrogen (secondary N) is 2. The van der Waals surface area contributed by atoms with E-state index in [0.29, 0.717) is 16.7 Å². The highest BCUT2D eigenvalue weighted by atomic mass is 32.2. The van der Waals surface area contributed by atoms with Crippen LogP contribution in [-0.4, -0.2) is 78.0 Å². The van der Waals surface area contributed by atoms with E-state index in [0.717, 1.165) is 56.1 Å². The summed E-state index contributed by atoms with van der Waals surface area (Å²) in [6.07, 6.45) is 11.0. The Labute approximate surface area is 292 Å². The van der Waals surface area contributed by atoms with Crippen LogP contribution in [0.4, 0.5) is 10.5 Å². The molecule has 11 nitrogen and oxygen atoms in total. The molecule has 4 rings (SSSR count). The SMILES string of the molecule is C=C/C=N\C(=C/C)N1C(=O)C(c2ccc(NC(=O)[C@H](C)NC(=O)OCc3ccccc3)cc2)SC1=NC(/C=C\CN1CCOCC1)=C/CC. The van der Waals surface area contributed by atoms with Gasteiger partial charge in [0.1, 0.15) is 23.7 Å². The number of carbonyl (C=O) groups is 3.